The SMILES string of the molecule is O=C(NCc1ccc(C(F)(F)F)cc1)N[C@H]1CC2(CCC2)Oc2ccccc21. The number of fused-ring (bicyclic) bond motifs is 1. The highest BCUT2D eigenvalue weighted by molar-refractivity contribution is 5.74. The van der Waals surface area contributed by atoms with Crippen LogP contribution in [0.1, 0.15) is 48.4 Å². The molecule has 1 heterocycles. The Kier molecular flexibility index (Phi) is 4.69. The third kappa shape index (κ3) is 3.79. The van der Waals surface area contributed by atoms with Gasteiger partial charge in [0.1, 0.15) is 11.4 Å². The first kappa shape index (κ1) is 18.7. The maximum atomic E-state index is 12.6. The van der Waals surface area contributed by atoms with Crippen LogP contribution in [0, 0.1) is 0 Å². The van der Waals surface area contributed by atoms with E-state index in [1.165, 1.54) is 12.1 Å². The van der Waals surface area contributed by atoms with E-state index < -0.39 is 11.7 Å². The Bertz CT molecular complexity index is 861. The van der Waals surface area contributed by atoms with Crippen LogP contribution in [0.5, 0.6) is 5.75 Å². The van der Waals surface area contributed by atoms with Gasteiger partial charge in [-0.3, -0.25) is 0 Å². The highest BCUT2D eigenvalue weighted by atomic mass is 19.4. The van der Waals surface area contributed by atoms with Crippen LogP contribution in [0.2, 0.25) is 0 Å². The summed E-state index contributed by atoms with van der Waals surface area (Å²) in [6, 6.07) is 12.0. The fourth-order valence-corrected chi connectivity index (χ4v) is 3.83. The summed E-state index contributed by atoms with van der Waals surface area (Å²) in [7, 11) is 0. The summed E-state index contributed by atoms with van der Waals surface area (Å²) in [6.45, 7) is 0.153. The van der Waals surface area contributed by atoms with E-state index in [2.05, 4.69) is 10.6 Å². The number of hydrogen-bond donors (Lipinski definition) is 2. The van der Waals surface area contributed by atoms with Gasteiger partial charge in [-0.15, -0.1) is 0 Å². The van der Waals surface area contributed by atoms with Crippen LogP contribution in [-0.2, 0) is 12.7 Å². The van der Waals surface area contributed by atoms with Crippen LogP contribution < -0.4 is 15.4 Å². The molecule has 0 bridgehead atoms. The smallest absolute Gasteiger partial charge is 0.416 e. The first-order chi connectivity index (χ1) is 13.3. The zero-order valence-corrected chi connectivity index (χ0v) is 15.2. The lowest BCUT2D eigenvalue weighted by atomic mass is 9.73. The van der Waals surface area contributed by atoms with Crippen molar-refractivity contribution in [3.63, 3.8) is 0 Å². The van der Waals surface area contributed by atoms with E-state index >= 15 is 0 Å². The molecule has 0 saturated heterocycles. The van der Waals surface area contributed by atoms with E-state index in [1.54, 1.807) is 0 Å². The van der Waals surface area contributed by atoms with E-state index in [9.17, 15) is 18.0 Å². The molecule has 1 aliphatic carbocycles. The second kappa shape index (κ2) is 7.04. The van der Waals surface area contributed by atoms with Crippen molar-refractivity contribution >= 4 is 6.03 Å². The Labute approximate surface area is 161 Å². The lowest BCUT2D eigenvalue weighted by molar-refractivity contribution is -0.137. The zero-order valence-electron chi connectivity index (χ0n) is 15.2. The fraction of sp³-hybridized carbons (Fsp3) is 0.381. The molecule has 0 unspecified atom stereocenters. The van der Waals surface area contributed by atoms with E-state index in [-0.39, 0.29) is 24.2 Å². The molecule has 2 aromatic carbocycles. The Morgan fingerprint density at radius 1 is 1.11 bits per heavy atom. The van der Waals surface area contributed by atoms with Gasteiger partial charge in [0.05, 0.1) is 11.6 Å². The molecule has 2 amide bonds. The molecule has 2 N–H and O–H groups in total. The Balaban J connectivity index is 1.38. The molecule has 4 rings (SSSR count). The quantitative estimate of drug-likeness (QED) is 0.779. The van der Waals surface area contributed by atoms with Crippen LogP contribution in [0.4, 0.5) is 18.0 Å². The number of halogens is 3. The minimum atomic E-state index is -4.36. The van der Waals surface area contributed by atoms with Crippen LogP contribution in [-0.4, -0.2) is 11.6 Å². The van der Waals surface area contributed by atoms with Gasteiger partial charge in [-0.1, -0.05) is 30.3 Å². The molecule has 2 aliphatic rings. The molecular formula is C21H21F3N2O2. The summed E-state index contributed by atoms with van der Waals surface area (Å²) in [5.41, 5.74) is 0.653. The number of rotatable bonds is 3. The van der Waals surface area contributed by atoms with E-state index in [1.807, 2.05) is 24.3 Å². The van der Waals surface area contributed by atoms with E-state index in [0.29, 0.717) is 5.56 Å². The highest BCUT2D eigenvalue weighted by Crippen LogP contribution is 2.48. The number of carbonyl (C=O) groups excluding carboxylic acids is 1. The molecule has 28 heavy (non-hydrogen) atoms. The maximum Gasteiger partial charge on any atom is 0.416 e. The Morgan fingerprint density at radius 3 is 2.46 bits per heavy atom. The topological polar surface area (TPSA) is 50.4 Å². The van der Waals surface area contributed by atoms with Gasteiger partial charge in [0, 0.05) is 18.5 Å². The summed E-state index contributed by atoms with van der Waals surface area (Å²) in [5.74, 6) is 0.807. The van der Waals surface area contributed by atoms with Gasteiger partial charge in [0.25, 0.3) is 0 Å². The summed E-state index contributed by atoms with van der Waals surface area (Å²) in [6.07, 6.45) is -0.566. The maximum absolute atomic E-state index is 12.6. The molecule has 0 aromatic heterocycles. The fourth-order valence-electron chi connectivity index (χ4n) is 3.83. The van der Waals surface area contributed by atoms with Crippen LogP contribution in [0.25, 0.3) is 0 Å². The molecule has 1 spiro atoms. The van der Waals surface area contributed by atoms with Gasteiger partial charge >= 0.3 is 12.2 Å². The first-order valence-corrected chi connectivity index (χ1v) is 9.33. The average molecular weight is 390 g/mol. The second-order valence-electron chi connectivity index (χ2n) is 7.45. The van der Waals surface area contributed by atoms with Crippen molar-refractivity contribution < 1.29 is 22.7 Å². The number of carbonyl (C=O) groups is 1. The number of hydrogen-bond acceptors (Lipinski definition) is 2. The van der Waals surface area contributed by atoms with Crippen LogP contribution in [0.3, 0.4) is 0 Å². The lowest BCUT2D eigenvalue weighted by Gasteiger charge is -2.48. The van der Waals surface area contributed by atoms with Crippen LogP contribution in [0.15, 0.2) is 48.5 Å². The molecule has 148 valence electrons. The molecule has 1 atom stereocenters. The molecule has 1 aliphatic heterocycles. The number of urea groups is 1. The molecule has 2 aromatic rings. The van der Waals surface area contributed by atoms with Crippen molar-refractivity contribution in [3.05, 3.63) is 65.2 Å². The van der Waals surface area contributed by atoms with Crippen molar-refractivity contribution in [1.29, 1.82) is 0 Å². The number of para-hydroxylation sites is 1. The van der Waals surface area contributed by atoms with Crippen molar-refractivity contribution in [3.8, 4) is 5.75 Å². The van der Waals surface area contributed by atoms with Gasteiger partial charge < -0.3 is 15.4 Å². The zero-order chi connectivity index (χ0) is 19.8. The van der Waals surface area contributed by atoms with Crippen molar-refractivity contribution in [2.24, 2.45) is 0 Å². The number of nitrogens with one attached hydrogen (secondary N) is 2. The minimum Gasteiger partial charge on any atom is -0.487 e. The standard InChI is InChI=1S/C21H21F3N2O2/c22-21(23,24)15-8-6-14(7-9-15)13-25-19(27)26-17-12-20(10-3-11-20)28-18-5-2-1-4-16(17)18/h1-2,4-9,17H,3,10-13H2,(H2,25,26,27)/t17-/m0/s1. The van der Waals surface area contributed by atoms with Gasteiger partial charge in [0.2, 0.25) is 0 Å². The Hall–Kier alpha value is -2.70. The van der Waals surface area contributed by atoms with Crippen molar-refractivity contribution in [1.82, 2.24) is 10.6 Å². The molecule has 4 nitrogen and oxygen atoms in total. The number of alkyl halides is 3. The number of benzene rings is 2. The predicted molar refractivity (Wildman–Crippen MR) is 97.8 cm³/mol. The normalized spacial score (nSPS) is 19.9. The summed E-state index contributed by atoms with van der Waals surface area (Å²) in [4.78, 5) is 12.4. The molecule has 1 fully saturated rings. The summed E-state index contributed by atoms with van der Waals surface area (Å²) < 4.78 is 44.0. The van der Waals surface area contributed by atoms with Gasteiger partial charge in [0.15, 0.2) is 0 Å². The van der Waals surface area contributed by atoms with Gasteiger partial charge in [-0.05, 0) is 43.0 Å². The largest absolute Gasteiger partial charge is 0.487 e. The number of amides is 2. The van der Waals surface area contributed by atoms with Crippen molar-refractivity contribution in [2.75, 3.05) is 0 Å². The number of ether oxygens (including phenoxy) is 1. The molecule has 0 radical (unpaired) electrons. The summed E-state index contributed by atoms with van der Waals surface area (Å²) in [5, 5.41) is 5.72. The third-order valence-corrected chi connectivity index (χ3v) is 5.50. The highest BCUT2D eigenvalue weighted by Gasteiger charge is 2.45. The molecular weight excluding hydrogens is 369 g/mol. The minimum absolute atomic E-state index is 0.153. The molecule has 7 heteroatoms. The van der Waals surface area contributed by atoms with Gasteiger partial charge in [-0.25, -0.2) is 4.79 Å². The van der Waals surface area contributed by atoms with E-state index in [4.69, 9.17) is 4.74 Å². The monoisotopic (exact) mass is 390 g/mol. The lowest BCUT2D eigenvalue weighted by Crippen LogP contribution is -2.50. The predicted octanol–water partition coefficient (Wildman–Crippen LogP) is 4.95. The molecule has 1 saturated carbocycles. The average Bonchev–Trinajstić information content (AvgIpc) is 2.64. The van der Waals surface area contributed by atoms with Gasteiger partial charge in [-0.2, -0.15) is 13.2 Å². The van der Waals surface area contributed by atoms with E-state index in [0.717, 1.165) is 49.1 Å². The third-order valence-electron chi connectivity index (χ3n) is 5.50. The Morgan fingerprint density at radius 2 is 1.82 bits per heavy atom. The second-order valence-corrected chi connectivity index (χ2v) is 7.45. The van der Waals surface area contributed by atoms with Crippen molar-refractivity contribution in [2.45, 2.75) is 50.0 Å². The summed E-state index contributed by atoms with van der Waals surface area (Å²) >= 11 is 0. The van der Waals surface area contributed by atoms with Crippen LogP contribution >= 0.6 is 0 Å². The first-order valence-electron chi connectivity index (χ1n) is 9.33.